The van der Waals surface area contributed by atoms with Crippen LogP contribution in [0.5, 0.6) is 0 Å². The highest BCUT2D eigenvalue weighted by Gasteiger charge is 2.03. The van der Waals surface area contributed by atoms with Crippen LogP contribution < -0.4 is 10.6 Å². The summed E-state index contributed by atoms with van der Waals surface area (Å²) >= 11 is 0. The minimum atomic E-state index is -0.124. The maximum Gasteiger partial charge on any atom is 0.238 e. The molecular weight excluding hydrogens is 190 g/mol. The van der Waals surface area contributed by atoms with Crippen LogP contribution >= 0.6 is 0 Å². The topological polar surface area (TPSA) is 54.0 Å². The number of anilines is 1. The van der Waals surface area contributed by atoms with Crippen molar-refractivity contribution in [3.63, 3.8) is 0 Å². The van der Waals surface area contributed by atoms with Crippen LogP contribution in [0.1, 0.15) is 5.69 Å². The molecule has 0 atom stereocenters. The summed E-state index contributed by atoms with van der Waals surface area (Å²) in [6.45, 7) is 2.43. The summed E-state index contributed by atoms with van der Waals surface area (Å²) in [6, 6.07) is 3.58. The minimum Gasteiger partial charge on any atom is -0.323 e. The predicted octanol–water partition coefficient (Wildman–Crippen LogP) is 0.551. The third-order valence-corrected chi connectivity index (χ3v) is 1.79. The molecule has 78 valence electrons. The number of rotatable bonds is 4. The summed E-state index contributed by atoms with van der Waals surface area (Å²) in [4.78, 5) is 15.4. The second kappa shape index (κ2) is 5.78. The molecule has 0 bridgehead atoms. The van der Waals surface area contributed by atoms with Crippen molar-refractivity contribution >= 4 is 11.6 Å². The number of terminal acetylenes is 1. The molecule has 1 heterocycles. The van der Waals surface area contributed by atoms with E-state index in [1.807, 2.05) is 6.92 Å². The van der Waals surface area contributed by atoms with Crippen LogP contribution in [0.15, 0.2) is 18.3 Å². The monoisotopic (exact) mass is 203 g/mol. The minimum absolute atomic E-state index is 0.124. The summed E-state index contributed by atoms with van der Waals surface area (Å²) in [5.41, 5.74) is 1.52. The van der Waals surface area contributed by atoms with Crippen LogP contribution in [-0.4, -0.2) is 24.0 Å². The molecule has 0 unspecified atom stereocenters. The molecule has 1 aromatic rings. The zero-order valence-corrected chi connectivity index (χ0v) is 8.58. The lowest BCUT2D eigenvalue weighted by Gasteiger charge is -2.06. The quantitative estimate of drug-likeness (QED) is 0.555. The first-order valence-corrected chi connectivity index (χ1v) is 4.59. The average Bonchev–Trinajstić information content (AvgIpc) is 2.22. The van der Waals surface area contributed by atoms with Crippen molar-refractivity contribution < 1.29 is 4.79 Å². The van der Waals surface area contributed by atoms with E-state index in [1.165, 1.54) is 0 Å². The molecular formula is C11H13N3O. The fraction of sp³-hybridized carbons (Fsp3) is 0.273. The first-order chi connectivity index (χ1) is 7.24. The highest BCUT2D eigenvalue weighted by molar-refractivity contribution is 5.92. The van der Waals surface area contributed by atoms with Gasteiger partial charge < -0.3 is 5.32 Å². The Labute approximate surface area is 89.1 Å². The Balaban J connectivity index is 2.45. The number of hydrogen-bond donors (Lipinski definition) is 2. The molecule has 0 fully saturated rings. The molecule has 4 heteroatoms. The molecule has 0 aliphatic heterocycles. The van der Waals surface area contributed by atoms with Crippen molar-refractivity contribution in [1.82, 2.24) is 10.3 Å². The normalized spacial score (nSPS) is 9.33. The van der Waals surface area contributed by atoms with E-state index in [-0.39, 0.29) is 12.5 Å². The number of aromatic nitrogens is 1. The zero-order chi connectivity index (χ0) is 11.1. The van der Waals surface area contributed by atoms with Gasteiger partial charge in [0.25, 0.3) is 0 Å². The second-order valence-electron chi connectivity index (χ2n) is 2.99. The van der Waals surface area contributed by atoms with E-state index in [0.717, 1.165) is 11.4 Å². The Morgan fingerprint density at radius 3 is 3.13 bits per heavy atom. The van der Waals surface area contributed by atoms with Gasteiger partial charge in [-0.3, -0.25) is 15.1 Å². The maximum absolute atomic E-state index is 11.4. The van der Waals surface area contributed by atoms with Crippen LogP contribution in [0, 0.1) is 19.3 Å². The smallest absolute Gasteiger partial charge is 0.238 e. The van der Waals surface area contributed by atoms with Gasteiger partial charge in [0, 0.05) is 6.20 Å². The highest BCUT2D eigenvalue weighted by atomic mass is 16.1. The number of aryl methyl sites for hydroxylation is 1. The standard InChI is InChI=1S/C11H13N3O/c1-3-6-12-8-11(15)14-10-5-4-7-13-9(10)2/h1,4-5,7,12H,6,8H2,2H3,(H,14,15). The first-order valence-electron chi connectivity index (χ1n) is 4.59. The Kier molecular flexibility index (Phi) is 4.32. The molecule has 0 spiro atoms. The number of hydrogen-bond acceptors (Lipinski definition) is 3. The van der Waals surface area contributed by atoms with E-state index >= 15 is 0 Å². The molecule has 4 nitrogen and oxygen atoms in total. The van der Waals surface area contributed by atoms with Crippen molar-refractivity contribution in [2.45, 2.75) is 6.92 Å². The van der Waals surface area contributed by atoms with Crippen LogP contribution in [0.4, 0.5) is 5.69 Å². The van der Waals surface area contributed by atoms with Gasteiger partial charge in [0.15, 0.2) is 0 Å². The van der Waals surface area contributed by atoms with Gasteiger partial charge in [0.1, 0.15) is 0 Å². The molecule has 0 saturated heterocycles. The molecule has 0 aromatic carbocycles. The largest absolute Gasteiger partial charge is 0.323 e. The van der Waals surface area contributed by atoms with Crippen LogP contribution in [0.3, 0.4) is 0 Å². The van der Waals surface area contributed by atoms with Gasteiger partial charge in [0.2, 0.25) is 5.91 Å². The van der Waals surface area contributed by atoms with Crippen molar-refractivity contribution in [3.05, 3.63) is 24.0 Å². The Morgan fingerprint density at radius 1 is 1.67 bits per heavy atom. The van der Waals surface area contributed by atoms with Crippen LogP contribution in [-0.2, 0) is 4.79 Å². The van der Waals surface area contributed by atoms with E-state index in [4.69, 9.17) is 6.42 Å². The van der Waals surface area contributed by atoms with Gasteiger partial charge in [-0.1, -0.05) is 5.92 Å². The lowest BCUT2D eigenvalue weighted by molar-refractivity contribution is -0.115. The molecule has 2 N–H and O–H groups in total. The maximum atomic E-state index is 11.4. The molecule has 0 saturated carbocycles. The van der Waals surface area contributed by atoms with Crippen molar-refractivity contribution in [3.8, 4) is 12.3 Å². The number of pyridine rings is 1. The third kappa shape index (κ3) is 3.79. The van der Waals surface area contributed by atoms with E-state index in [1.54, 1.807) is 18.3 Å². The summed E-state index contributed by atoms with van der Waals surface area (Å²) in [5.74, 6) is 2.27. The lowest BCUT2D eigenvalue weighted by atomic mass is 10.3. The number of amides is 1. The van der Waals surface area contributed by atoms with Crippen LogP contribution in [0.2, 0.25) is 0 Å². The van der Waals surface area contributed by atoms with E-state index in [2.05, 4.69) is 21.5 Å². The van der Waals surface area contributed by atoms with Gasteiger partial charge in [0.05, 0.1) is 24.5 Å². The number of nitrogens with zero attached hydrogens (tertiary/aromatic N) is 1. The number of carbonyl (C=O) groups is 1. The fourth-order valence-electron chi connectivity index (χ4n) is 1.06. The first kappa shape index (κ1) is 11.2. The second-order valence-corrected chi connectivity index (χ2v) is 2.99. The van der Waals surface area contributed by atoms with Gasteiger partial charge in [-0.2, -0.15) is 0 Å². The molecule has 0 aliphatic rings. The van der Waals surface area contributed by atoms with Gasteiger partial charge in [-0.25, -0.2) is 0 Å². The molecule has 0 radical (unpaired) electrons. The summed E-state index contributed by atoms with van der Waals surface area (Å²) < 4.78 is 0. The SMILES string of the molecule is C#CCNCC(=O)Nc1cccnc1C. The fourth-order valence-corrected chi connectivity index (χ4v) is 1.06. The van der Waals surface area contributed by atoms with Crippen LogP contribution in [0.25, 0.3) is 0 Å². The molecule has 1 aromatic heterocycles. The molecule has 1 amide bonds. The molecule has 1 rings (SSSR count). The summed E-state index contributed by atoms with van der Waals surface area (Å²) in [6.07, 6.45) is 6.72. The summed E-state index contributed by atoms with van der Waals surface area (Å²) in [7, 11) is 0. The Bertz CT molecular complexity index is 382. The average molecular weight is 203 g/mol. The van der Waals surface area contributed by atoms with Crippen molar-refractivity contribution in [2.75, 3.05) is 18.4 Å². The summed E-state index contributed by atoms with van der Waals surface area (Å²) in [5, 5.41) is 5.54. The van der Waals surface area contributed by atoms with Gasteiger partial charge in [-0.05, 0) is 19.1 Å². The molecule has 0 aliphatic carbocycles. The number of nitrogens with one attached hydrogen (secondary N) is 2. The third-order valence-electron chi connectivity index (χ3n) is 1.79. The Hall–Kier alpha value is -1.86. The predicted molar refractivity (Wildman–Crippen MR) is 59.3 cm³/mol. The van der Waals surface area contributed by atoms with Gasteiger partial charge >= 0.3 is 0 Å². The van der Waals surface area contributed by atoms with Gasteiger partial charge in [-0.15, -0.1) is 6.42 Å². The van der Waals surface area contributed by atoms with E-state index in [0.29, 0.717) is 6.54 Å². The van der Waals surface area contributed by atoms with E-state index < -0.39 is 0 Å². The Morgan fingerprint density at radius 2 is 2.47 bits per heavy atom. The zero-order valence-electron chi connectivity index (χ0n) is 8.58. The van der Waals surface area contributed by atoms with E-state index in [9.17, 15) is 4.79 Å². The van der Waals surface area contributed by atoms with Crippen molar-refractivity contribution in [1.29, 1.82) is 0 Å². The molecule has 15 heavy (non-hydrogen) atoms. The highest BCUT2D eigenvalue weighted by Crippen LogP contribution is 2.09. The van der Waals surface area contributed by atoms with Crippen molar-refractivity contribution in [2.24, 2.45) is 0 Å². The lowest BCUT2D eigenvalue weighted by Crippen LogP contribution is -2.28. The number of carbonyl (C=O) groups excluding carboxylic acids is 1.